The molecule has 0 fully saturated rings. The van der Waals surface area contributed by atoms with Crippen LogP contribution in [0.1, 0.15) is 16.9 Å². The molecule has 2 amide bonds. The highest BCUT2D eigenvalue weighted by Crippen LogP contribution is 2.10. The molecule has 0 unspecified atom stereocenters. The van der Waals surface area contributed by atoms with Crippen molar-refractivity contribution < 1.29 is 26.8 Å². The number of benzene rings is 2. The van der Waals surface area contributed by atoms with Crippen molar-refractivity contribution in [3.05, 3.63) is 89.6 Å². The fourth-order valence-electron chi connectivity index (χ4n) is 2.92. The van der Waals surface area contributed by atoms with E-state index in [1.807, 2.05) is 31.2 Å². The van der Waals surface area contributed by atoms with E-state index in [0.717, 1.165) is 35.4 Å². The molecular formula is C23H24FN3O5S. The molecule has 0 aliphatic heterocycles. The topological polar surface area (TPSA) is 109 Å². The molecule has 10 heteroatoms. The molecule has 2 N–H and O–H groups in total. The lowest BCUT2D eigenvalue weighted by molar-refractivity contribution is -0.136. The molecule has 33 heavy (non-hydrogen) atoms. The summed E-state index contributed by atoms with van der Waals surface area (Å²) in [4.78, 5) is 26.3. The average molecular weight is 474 g/mol. The van der Waals surface area contributed by atoms with Crippen molar-refractivity contribution in [1.29, 1.82) is 0 Å². The van der Waals surface area contributed by atoms with Crippen LogP contribution in [-0.2, 0) is 32.7 Å². The Morgan fingerprint density at radius 2 is 1.73 bits per heavy atom. The predicted octanol–water partition coefficient (Wildman–Crippen LogP) is 2.35. The third-order valence-corrected chi connectivity index (χ3v) is 6.18. The lowest BCUT2D eigenvalue weighted by Gasteiger charge is -2.21. The zero-order valence-electron chi connectivity index (χ0n) is 18.0. The second kappa shape index (κ2) is 10.9. The van der Waals surface area contributed by atoms with Gasteiger partial charge in [0, 0.05) is 6.54 Å². The van der Waals surface area contributed by atoms with Crippen molar-refractivity contribution in [2.24, 2.45) is 0 Å². The molecule has 0 radical (unpaired) electrons. The number of hydrogen-bond acceptors (Lipinski definition) is 5. The number of rotatable bonds is 10. The maximum absolute atomic E-state index is 13.1. The van der Waals surface area contributed by atoms with E-state index in [1.54, 1.807) is 12.1 Å². The number of sulfonamides is 1. The van der Waals surface area contributed by atoms with Gasteiger partial charge in [0.25, 0.3) is 0 Å². The first kappa shape index (κ1) is 24.1. The summed E-state index contributed by atoms with van der Waals surface area (Å²) < 4.78 is 45.3. The Morgan fingerprint density at radius 3 is 2.36 bits per heavy atom. The SMILES string of the molecule is Cc1ccc(CNC(=O)CN(Cc2ccco2)C(=O)CNS(=O)(=O)c2ccc(F)cc2)cc1. The number of hydrogen-bond donors (Lipinski definition) is 2. The van der Waals surface area contributed by atoms with Crippen molar-refractivity contribution in [3.63, 3.8) is 0 Å². The maximum Gasteiger partial charge on any atom is 0.241 e. The first-order chi connectivity index (χ1) is 15.7. The summed E-state index contributed by atoms with van der Waals surface area (Å²) in [6, 6.07) is 15.2. The van der Waals surface area contributed by atoms with Crippen molar-refractivity contribution in [2.45, 2.75) is 24.9 Å². The van der Waals surface area contributed by atoms with Crippen molar-refractivity contribution in [3.8, 4) is 0 Å². The molecule has 3 rings (SSSR count). The smallest absolute Gasteiger partial charge is 0.241 e. The number of carbonyl (C=O) groups excluding carboxylic acids is 2. The van der Waals surface area contributed by atoms with Crippen molar-refractivity contribution in [1.82, 2.24) is 14.9 Å². The number of amides is 2. The summed E-state index contributed by atoms with van der Waals surface area (Å²) in [5.74, 6) is -1.16. The highest BCUT2D eigenvalue weighted by molar-refractivity contribution is 7.89. The van der Waals surface area contributed by atoms with E-state index in [2.05, 4.69) is 10.0 Å². The summed E-state index contributed by atoms with van der Waals surface area (Å²) in [5, 5.41) is 2.75. The van der Waals surface area contributed by atoms with E-state index in [9.17, 15) is 22.4 Å². The Hall–Kier alpha value is -3.50. The van der Waals surface area contributed by atoms with Gasteiger partial charge in [0.15, 0.2) is 0 Å². The molecule has 0 aliphatic rings. The van der Waals surface area contributed by atoms with E-state index >= 15 is 0 Å². The first-order valence-corrected chi connectivity index (χ1v) is 11.6. The van der Waals surface area contributed by atoms with E-state index < -0.39 is 34.2 Å². The Bertz CT molecular complexity index is 1180. The van der Waals surface area contributed by atoms with Crippen molar-refractivity contribution in [2.75, 3.05) is 13.1 Å². The molecule has 0 aliphatic carbocycles. The van der Waals surface area contributed by atoms with Gasteiger partial charge in [-0.05, 0) is 48.9 Å². The molecule has 1 heterocycles. The van der Waals surface area contributed by atoms with Crippen LogP contribution in [0.3, 0.4) is 0 Å². The van der Waals surface area contributed by atoms with Gasteiger partial charge < -0.3 is 14.6 Å². The van der Waals surface area contributed by atoms with Gasteiger partial charge in [-0.3, -0.25) is 9.59 Å². The average Bonchev–Trinajstić information content (AvgIpc) is 3.30. The number of aryl methyl sites for hydroxylation is 1. The molecule has 2 aromatic carbocycles. The van der Waals surface area contributed by atoms with Crippen molar-refractivity contribution >= 4 is 21.8 Å². The van der Waals surface area contributed by atoms with E-state index in [4.69, 9.17) is 4.42 Å². The highest BCUT2D eigenvalue weighted by Gasteiger charge is 2.22. The van der Waals surface area contributed by atoms with Crippen LogP contribution in [0.4, 0.5) is 4.39 Å². The summed E-state index contributed by atoms with van der Waals surface area (Å²) in [7, 11) is -4.03. The van der Waals surface area contributed by atoms with Gasteiger partial charge in [-0.25, -0.2) is 17.5 Å². The highest BCUT2D eigenvalue weighted by atomic mass is 32.2. The molecule has 0 saturated heterocycles. The lowest BCUT2D eigenvalue weighted by Crippen LogP contribution is -2.44. The zero-order valence-corrected chi connectivity index (χ0v) is 18.8. The normalized spacial score (nSPS) is 11.2. The van der Waals surface area contributed by atoms with E-state index in [0.29, 0.717) is 12.3 Å². The minimum Gasteiger partial charge on any atom is -0.467 e. The third-order valence-electron chi connectivity index (χ3n) is 4.76. The van der Waals surface area contributed by atoms with Crippen LogP contribution < -0.4 is 10.0 Å². The molecule has 1 aromatic heterocycles. The third kappa shape index (κ3) is 7.26. The van der Waals surface area contributed by atoms with Crippen LogP contribution in [0.2, 0.25) is 0 Å². The molecule has 3 aromatic rings. The van der Waals surface area contributed by atoms with Crippen LogP contribution in [0.25, 0.3) is 0 Å². The summed E-state index contributed by atoms with van der Waals surface area (Å²) >= 11 is 0. The fraction of sp³-hybridized carbons (Fsp3) is 0.217. The van der Waals surface area contributed by atoms with E-state index in [-0.39, 0.29) is 18.0 Å². The van der Waals surface area contributed by atoms with Gasteiger partial charge in [0.2, 0.25) is 21.8 Å². The largest absolute Gasteiger partial charge is 0.467 e. The van der Waals surface area contributed by atoms with Crippen LogP contribution in [0.5, 0.6) is 0 Å². The Kier molecular flexibility index (Phi) is 7.96. The Balaban J connectivity index is 1.62. The van der Waals surface area contributed by atoms with Gasteiger partial charge in [-0.2, -0.15) is 0 Å². The molecule has 0 spiro atoms. The monoisotopic (exact) mass is 473 g/mol. The van der Waals surface area contributed by atoms with E-state index in [1.165, 1.54) is 11.2 Å². The summed E-state index contributed by atoms with van der Waals surface area (Å²) in [6.07, 6.45) is 1.44. The Morgan fingerprint density at radius 1 is 1.03 bits per heavy atom. The second-order valence-electron chi connectivity index (χ2n) is 7.37. The minimum absolute atomic E-state index is 0.0118. The second-order valence-corrected chi connectivity index (χ2v) is 9.14. The molecular weight excluding hydrogens is 449 g/mol. The number of nitrogens with one attached hydrogen (secondary N) is 2. The maximum atomic E-state index is 13.1. The van der Waals surface area contributed by atoms with Gasteiger partial charge in [-0.1, -0.05) is 29.8 Å². The molecule has 174 valence electrons. The standard InChI is InChI=1S/C23H24FN3O5S/c1-17-4-6-18(7-5-17)13-25-22(28)16-27(15-20-3-2-12-32-20)23(29)14-26-33(30,31)21-10-8-19(24)9-11-21/h2-12,26H,13-16H2,1H3,(H,25,28). The summed E-state index contributed by atoms with van der Waals surface area (Å²) in [6.45, 7) is 1.38. The van der Waals surface area contributed by atoms with Crippen LogP contribution in [0, 0.1) is 12.7 Å². The lowest BCUT2D eigenvalue weighted by atomic mass is 10.1. The van der Waals surface area contributed by atoms with Gasteiger partial charge in [0.1, 0.15) is 18.1 Å². The quantitative estimate of drug-likeness (QED) is 0.470. The Labute approximate surface area is 191 Å². The number of halogens is 1. The molecule has 0 saturated carbocycles. The van der Waals surface area contributed by atoms with Gasteiger partial charge >= 0.3 is 0 Å². The first-order valence-electron chi connectivity index (χ1n) is 10.1. The minimum atomic E-state index is -4.03. The van der Waals surface area contributed by atoms with Crippen LogP contribution >= 0.6 is 0 Å². The predicted molar refractivity (Wildman–Crippen MR) is 119 cm³/mol. The fourth-order valence-corrected chi connectivity index (χ4v) is 3.90. The number of nitrogens with zero attached hydrogens (tertiary/aromatic N) is 1. The molecule has 0 atom stereocenters. The zero-order chi connectivity index (χ0) is 23.8. The molecule has 8 nitrogen and oxygen atoms in total. The van der Waals surface area contributed by atoms with Gasteiger partial charge in [0.05, 0.1) is 24.2 Å². The number of furan rings is 1. The summed E-state index contributed by atoms with van der Waals surface area (Å²) in [5.41, 5.74) is 2.01. The molecule has 0 bridgehead atoms. The number of carbonyl (C=O) groups is 2. The van der Waals surface area contributed by atoms with Crippen LogP contribution in [0.15, 0.2) is 76.2 Å². The van der Waals surface area contributed by atoms with Gasteiger partial charge in [-0.15, -0.1) is 0 Å². The van der Waals surface area contributed by atoms with Crippen LogP contribution in [-0.4, -0.2) is 38.2 Å².